The Hall–Kier alpha value is -2.94. The van der Waals surface area contributed by atoms with Gasteiger partial charge in [-0.3, -0.25) is 28.8 Å². The van der Waals surface area contributed by atoms with E-state index in [2.05, 4.69) is 10.6 Å². The number of nitrogens with zero attached hydrogens (tertiary/aromatic N) is 3. The fourth-order valence-electron chi connectivity index (χ4n) is 5.41. The molecule has 1 aromatic heterocycles. The molecule has 3 saturated heterocycles. The van der Waals surface area contributed by atoms with Gasteiger partial charge in [0.25, 0.3) is 0 Å². The molecule has 9 nitrogen and oxygen atoms in total. The SMILES string of the molecule is Cn1c(=O)n(C2CCC(=O)NC2=O)c2cccc(CCC(=O)N3CCC4(CC3)CNC4)c21. The number of amides is 3. The number of aryl methyl sites for hydroxylation is 2. The van der Waals surface area contributed by atoms with Gasteiger partial charge in [0.05, 0.1) is 11.0 Å². The van der Waals surface area contributed by atoms with Gasteiger partial charge in [0.2, 0.25) is 17.7 Å². The van der Waals surface area contributed by atoms with Gasteiger partial charge in [-0.2, -0.15) is 0 Å². The molecule has 32 heavy (non-hydrogen) atoms. The summed E-state index contributed by atoms with van der Waals surface area (Å²) in [6.45, 7) is 3.76. The molecule has 0 aliphatic carbocycles. The maximum atomic E-state index is 13.0. The standard InChI is InChI=1S/C23H29N5O4/c1-26-20-15(5-8-19(30)27-11-9-23(10-12-27)13-24-14-23)3-2-4-16(20)28(22(26)32)17-6-7-18(29)25-21(17)31/h2-4,17,24H,5-14H2,1H3,(H,25,29,31). The van der Waals surface area contributed by atoms with E-state index in [4.69, 9.17) is 0 Å². The number of para-hydroxylation sites is 1. The van der Waals surface area contributed by atoms with Crippen molar-refractivity contribution >= 4 is 28.8 Å². The second-order valence-electron chi connectivity index (χ2n) is 9.45. The van der Waals surface area contributed by atoms with E-state index in [1.165, 1.54) is 4.57 Å². The Kier molecular flexibility index (Phi) is 5.16. The number of imidazole rings is 1. The Labute approximate surface area is 185 Å². The highest BCUT2D eigenvalue weighted by molar-refractivity contribution is 6.00. The molecule has 3 aliphatic heterocycles. The zero-order valence-electron chi connectivity index (χ0n) is 18.4. The molecule has 4 heterocycles. The number of aromatic nitrogens is 2. The molecule has 1 atom stereocenters. The predicted molar refractivity (Wildman–Crippen MR) is 118 cm³/mol. The molecule has 1 aromatic carbocycles. The molecule has 1 unspecified atom stereocenters. The predicted octanol–water partition coefficient (Wildman–Crippen LogP) is 0.462. The average Bonchev–Trinajstić information content (AvgIpc) is 3.02. The number of benzene rings is 1. The van der Waals surface area contributed by atoms with Gasteiger partial charge in [-0.15, -0.1) is 0 Å². The average molecular weight is 440 g/mol. The lowest BCUT2D eigenvalue weighted by Crippen LogP contribution is -2.58. The fourth-order valence-corrected chi connectivity index (χ4v) is 5.41. The lowest BCUT2D eigenvalue weighted by atomic mass is 9.73. The topological polar surface area (TPSA) is 105 Å². The van der Waals surface area contributed by atoms with Crippen molar-refractivity contribution < 1.29 is 14.4 Å². The Morgan fingerprint density at radius 1 is 1.16 bits per heavy atom. The number of nitrogens with one attached hydrogen (secondary N) is 2. The Morgan fingerprint density at radius 2 is 1.91 bits per heavy atom. The first-order chi connectivity index (χ1) is 15.4. The van der Waals surface area contributed by atoms with Crippen molar-refractivity contribution in [1.29, 1.82) is 0 Å². The van der Waals surface area contributed by atoms with Crippen molar-refractivity contribution in [3.05, 3.63) is 34.2 Å². The van der Waals surface area contributed by atoms with Gasteiger partial charge >= 0.3 is 5.69 Å². The van der Waals surface area contributed by atoms with Gasteiger partial charge in [0.1, 0.15) is 6.04 Å². The smallest absolute Gasteiger partial charge is 0.329 e. The van der Waals surface area contributed by atoms with Crippen LogP contribution in [0.25, 0.3) is 11.0 Å². The highest BCUT2D eigenvalue weighted by Crippen LogP contribution is 2.35. The summed E-state index contributed by atoms with van der Waals surface area (Å²) in [6, 6.07) is 4.91. The van der Waals surface area contributed by atoms with Crippen LogP contribution in [0.2, 0.25) is 0 Å². The number of likely N-dealkylation sites (tertiary alicyclic amines) is 1. The van der Waals surface area contributed by atoms with Gasteiger partial charge in [0, 0.05) is 46.1 Å². The number of fused-ring (bicyclic) bond motifs is 1. The maximum Gasteiger partial charge on any atom is 0.329 e. The van der Waals surface area contributed by atoms with Crippen LogP contribution in [0.5, 0.6) is 0 Å². The van der Waals surface area contributed by atoms with E-state index in [-0.39, 0.29) is 23.9 Å². The normalized spacial score (nSPS) is 22.8. The molecule has 3 amide bonds. The zero-order valence-corrected chi connectivity index (χ0v) is 18.4. The van der Waals surface area contributed by atoms with Crippen LogP contribution in [-0.2, 0) is 27.9 Å². The molecule has 5 rings (SSSR count). The number of carbonyl (C=O) groups excluding carboxylic acids is 3. The summed E-state index contributed by atoms with van der Waals surface area (Å²) < 4.78 is 3.03. The molecule has 0 saturated carbocycles. The molecule has 3 fully saturated rings. The van der Waals surface area contributed by atoms with Crippen LogP contribution in [0.15, 0.2) is 23.0 Å². The Bertz CT molecular complexity index is 1150. The summed E-state index contributed by atoms with van der Waals surface area (Å²) in [5.41, 5.74) is 2.43. The van der Waals surface area contributed by atoms with E-state index in [1.54, 1.807) is 11.6 Å². The highest BCUT2D eigenvalue weighted by Gasteiger charge is 2.40. The highest BCUT2D eigenvalue weighted by atomic mass is 16.2. The summed E-state index contributed by atoms with van der Waals surface area (Å²) in [4.78, 5) is 51.8. The molecule has 9 heteroatoms. The second kappa shape index (κ2) is 7.88. The summed E-state index contributed by atoms with van der Waals surface area (Å²) in [5, 5.41) is 5.68. The van der Waals surface area contributed by atoms with Gasteiger partial charge in [-0.05, 0) is 42.7 Å². The maximum absolute atomic E-state index is 13.0. The number of hydrogen-bond donors (Lipinski definition) is 2. The van der Waals surface area contributed by atoms with Crippen molar-refractivity contribution in [2.45, 2.75) is 44.6 Å². The van der Waals surface area contributed by atoms with Crippen molar-refractivity contribution in [3.63, 3.8) is 0 Å². The quantitative estimate of drug-likeness (QED) is 0.674. The van der Waals surface area contributed by atoms with E-state index in [1.807, 2.05) is 23.1 Å². The number of rotatable bonds is 4. The van der Waals surface area contributed by atoms with Gasteiger partial charge in [-0.25, -0.2) is 4.79 Å². The van der Waals surface area contributed by atoms with Crippen LogP contribution in [-0.4, -0.2) is 57.9 Å². The summed E-state index contributed by atoms with van der Waals surface area (Å²) in [5.74, 6) is -0.601. The molecule has 3 aliphatic rings. The number of hydrogen-bond acceptors (Lipinski definition) is 5. The molecule has 0 radical (unpaired) electrons. The second-order valence-corrected chi connectivity index (χ2v) is 9.45. The van der Waals surface area contributed by atoms with Crippen LogP contribution >= 0.6 is 0 Å². The van der Waals surface area contributed by atoms with Crippen molar-refractivity contribution in [2.75, 3.05) is 26.2 Å². The summed E-state index contributed by atoms with van der Waals surface area (Å²) in [7, 11) is 1.69. The van der Waals surface area contributed by atoms with Gasteiger partial charge < -0.3 is 10.2 Å². The lowest BCUT2D eigenvalue weighted by molar-refractivity contribution is -0.136. The minimum absolute atomic E-state index is 0.152. The third-order valence-corrected chi connectivity index (χ3v) is 7.49. The third-order valence-electron chi connectivity index (χ3n) is 7.49. The molecular weight excluding hydrogens is 410 g/mol. The van der Waals surface area contributed by atoms with Gasteiger partial charge in [0.15, 0.2) is 0 Å². The van der Waals surface area contributed by atoms with E-state index < -0.39 is 11.9 Å². The number of imide groups is 1. The lowest BCUT2D eigenvalue weighted by Gasteiger charge is -2.48. The number of piperidine rings is 2. The first kappa shape index (κ1) is 20.9. The largest absolute Gasteiger partial charge is 0.343 e. The van der Waals surface area contributed by atoms with Crippen molar-refractivity contribution in [1.82, 2.24) is 24.7 Å². The Balaban J connectivity index is 1.35. The van der Waals surface area contributed by atoms with Crippen molar-refractivity contribution in [3.8, 4) is 0 Å². The molecule has 2 aromatic rings. The van der Waals surface area contributed by atoms with E-state index in [0.29, 0.717) is 30.2 Å². The summed E-state index contributed by atoms with van der Waals surface area (Å²) in [6.07, 6.45) is 3.56. The van der Waals surface area contributed by atoms with Crippen LogP contribution in [0, 0.1) is 5.41 Å². The van der Waals surface area contributed by atoms with Crippen LogP contribution in [0.1, 0.15) is 43.7 Å². The minimum atomic E-state index is -0.706. The molecule has 0 bridgehead atoms. The minimum Gasteiger partial charge on any atom is -0.343 e. The first-order valence-electron chi connectivity index (χ1n) is 11.4. The zero-order chi connectivity index (χ0) is 22.5. The van der Waals surface area contributed by atoms with Crippen LogP contribution in [0.4, 0.5) is 0 Å². The van der Waals surface area contributed by atoms with Crippen molar-refractivity contribution in [2.24, 2.45) is 12.5 Å². The molecule has 170 valence electrons. The molecule has 1 spiro atoms. The van der Waals surface area contributed by atoms with E-state index in [0.717, 1.165) is 50.1 Å². The number of carbonyl (C=O) groups is 3. The fraction of sp³-hybridized carbons (Fsp3) is 0.565. The third kappa shape index (κ3) is 3.44. The summed E-state index contributed by atoms with van der Waals surface area (Å²) >= 11 is 0. The van der Waals surface area contributed by atoms with Gasteiger partial charge in [-0.1, -0.05) is 12.1 Å². The molecule has 2 N–H and O–H groups in total. The van der Waals surface area contributed by atoms with E-state index in [9.17, 15) is 19.2 Å². The Morgan fingerprint density at radius 3 is 2.56 bits per heavy atom. The first-order valence-corrected chi connectivity index (χ1v) is 11.4. The van der Waals surface area contributed by atoms with Crippen LogP contribution < -0.4 is 16.3 Å². The monoisotopic (exact) mass is 439 g/mol. The van der Waals surface area contributed by atoms with Crippen LogP contribution in [0.3, 0.4) is 0 Å². The molecular formula is C23H29N5O4. The van der Waals surface area contributed by atoms with E-state index >= 15 is 0 Å².